The van der Waals surface area contributed by atoms with Gasteiger partial charge >= 0.3 is 6.18 Å². The molecule has 0 spiro atoms. The second-order valence-corrected chi connectivity index (χ2v) is 4.19. The van der Waals surface area contributed by atoms with Crippen molar-refractivity contribution in [1.82, 2.24) is 0 Å². The molecule has 2 atom stereocenters. The van der Waals surface area contributed by atoms with Crippen molar-refractivity contribution in [3.05, 3.63) is 35.4 Å². The van der Waals surface area contributed by atoms with Gasteiger partial charge in [0.1, 0.15) is 0 Å². The standard InChI is InChI=1S/C10H9F3S/c11-10(12,13)7-3-1-6(2-4-7)8-5-9(8)14/h1-4,8-9,14H,5H2. The summed E-state index contributed by atoms with van der Waals surface area (Å²) in [6, 6.07) is 5.36. The normalized spacial score (nSPS) is 26.3. The predicted octanol–water partition coefficient (Wildman–Crippen LogP) is 3.49. The van der Waals surface area contributed by atoms with Crippen LogP contribution in [0.2, 0.25) is 0 Å². The first-order chi connectivity index (χ1) is 6.48. The van der Waals surface area contributed by atoms with Crippen molar-refractivity contribution in [3.8, 4) is 0 Å². The van der Waals surface area contributed by atoms with Gasteiger partial charge in [0.2, 0.25) is 0 Å². The topological polar surface area (TPSA) is 0 Å². The van der Waals surface area contributed by atoms with Crippen LogP contribution in [0.3, 0.4) is 0 Å². The average molecular weight is 218 g/mol. The second-order valence-electron chi connectivity index (χ2n) is 3.53. The first-order valence-electron chi connectivity index (χ1n) is 4.34. The molecular formula is C10H9F3S. The van der Waals surface area contributed by atoms with Gasteiger partial charge in [0.15, 0.2) is 0 Å². The maximum atomic E-state index is 12.2. The number of rotatable bonds is 1. The molecule has 0 saturated heterocycles. The summed E-state index contributed by atoms with van der Waals surface area (Å²) < 4.78 is 36.6. The largest absolute Gasteiger partial charge is 0.416 e. The Morgan fingerprint density at radius 3 is 2.00 bits per heavy atom. The highest BCUT2D eigenvalue weighted by molar-refractivity contribution is 7.81. The van der Waals surface area contributed by atoms with Crippen LogP contribution in [0.5, 0.6) is 0 Å². The van der Waals surface area contributed by atoms with Crippen molar-refractivity contribution in [2.45, 2.75) is 23.8 Å². The van der Waals surface area contributed by atoms with E-state index in [1.807, 2.05) is 0 Å². The van der Waals surface area contributed by atoms with Crippen LogP contribution < -0.4 is 0 Å². The van der Waals surface area contributed by atoms with Crippen LogP contribution in [0, 0.1) is 0 Å². The maximum absolute atomic E-state index is 12.2. The molecule has 1 fully saturated rings. The highest BCUT2D eigenvalue weighted by Crippen LogP contribution is 2.45. The molecule has 0 amide bonds. The lowest BCUT2D eigenvalue weighted by atomic mass is 10.1. The van der Waals surface area contributed by atoms with Gasteiger partial charge in [0.25, 0.3) is 0 Å². The van der Waals surface area contributed by atoms with Crippen molar-refractivity contribution < 1.29 is 13.2 Å². The Bertz CT molecular complexity index is 328. The molecule has 0 N–H and O–H groups in total. The molecule has 0 aliphatic heterocycles. The number of alkyl halides is 3. The average Bonchev–Trinajstić information content (AvgIpc) is 2.81. The first kappa shape index (κ1) is 9.90. The van der Waals surface area contributed by atoms with Crippen molar-refractivity contribution in [3.63, 3.8) is 0 Å². The van der Waals surface area contributed by atoms with E-state index in [4.69, 9.17) is 0 Å². The molecule has 14 heavy (non-hydrogen) atoms. The minimum atomic E-state index is -4.23. The van der Waals surface area contributed by atoms with Gasteiger partial charge in [-0.2, -0.15) is 25.8 Å². The summed E-state index contributed by atoms with van der Waals surface area (Å²) in [5.74, 6) is 0.348. The van der Waals surface area contributed by atoms with Gasteiger partial charge in [-0.3, -0.25) is 0 Å². The summed E-state index contributed by atoms with van der Waals surface area (Å²) in [5, 5.41) is 0.326. The Labute approximate surface area is 85.5 Å². The Kier molecular flexibility index (Phi) is 2.26. The van der Waals surface area contributed by atoms with Crippen LogP contribution in [-0.4, -0.2) is 5.25 Å². The zero-order valence-electron chi connectivity index (χ0n) is 7.25. The zero-order chi connectivity index (χ0) is 10.3. The van der Waals surface area contributed by atoms with Crippen LogP contribution in [-0.2, 0) is 6.18 Å². The monoisotopic (exact) mass is 218 g/mol. The summed E-state index contributed by atoms with van der Waals surface area (Å²) in [7, 11) is 0. The van der Waals surface area contributed by atoms with Crippen molar-refractivity contribution >= 4 is 12.6 Å². The lowest BCUT2D eigenvalue weighted by Crippen LogP contribution is -2.04. The highest BCUT2D eigenvalue weighted by Gasteiger charge is 2.36. The highest BCUT2D eigenvalue weighted by atomic mass is 32.1. The number of thiol groups is 1. The minimum absolute atomic E-state index is 0.326. The van der Waals surface area contributed by atoms with E-state index >= 15 is 0 Å². The quantitative estimate of drug-likeness (QED) is 0.685. The third-order valence-corrected chi connectivity index (χ3v) is 2.99. The molecule has 1 saturated carbocycles. The van der Waals surface area contributed by atoms with E-state index in [0.717, 1.165) is 24.1 Å². The SMILES string of the molecule is FC(F)(F)c1ccc(C2CC2S)cc1. The van der Waals surface area contributed by atoms with E-state index in [2.05, 4.69) is 12.6 Å². The fourth-order valence-electron chi connectivity index (χ4n) is 1.46. The van der Waals surface area contributed by atoms with Gasteiger partial charge in [-0.1, -0.05) is 12.1 Å². The van der Waals surface area contributed by atoms with Gasteiger partial charge in [0, 0.05) is 5.25 Å². The molecule has 1 aromatic rings. The van der Waals surface area contributed by atoms with Crippen LogP contribution in [0.4, 0.5) is 13.2 Å². The molecule has 1 aromatic carbocycles. The molecule has 4 heteroatoms. The lowest BCUT2D eigenvalue weighted by Gasteiger charge is -2.06. The third-order valence-electron chi connectivity index (χ3n) is 2.42. The first-order valence-corrected chi connectivity index (χ1v) is 4.85. The molecule has 76 valence electrons. The maximum Gasteiger partial charge on any atom is 0.416 e. The van der Waals surface area contributed by atoms with E-state index in [0.29, 0.717) is 11.2 Å². The zero-order valence-corrected chi connectivity index (χ0v) is 8.15. The molecule has 0 nitrogen and oxygen atoms in total. The molecule has 2 rings (SSSR count). The summed E-state index contributed by atoms with van der Waals surface area (Å²) >= 11 is 4.24. The summed E-state index contributed by atoms with van der Waals surface area (Å²) in [4.78, 5) is 0. The Morgan fingerprint density at radius 1 is 1.14 bits per heavy atom. The predicted molar refractivity (Wildman–Crippen MR) is 51.6 cm³/mol. The van der Waals surface area contributed by atoms with Gasteiger partial charge < -0.3 is 0 Å². The van der Waals surface area contributed by atoms with Gasteiger partial charge in [-0.05, 0) is 30.0 Å². The van der Waals surface area contributed by atoms with E-state index in [-0.39, 0.29) is 0 Å². The van der Waals surface area contributed by atoms with Crippen LogP contribution in [0.1, 0.15) is 23.5 Å². The smallest absolute Gasteiger partial charge is 0.175 e. The molecule has 0 aromatic heterocycles. The number of hydrogen-bond donors (Lipinski definition) is 1. The lowest BCUT2D eigenvalue weighted by molar-refractivity contribution is -0.137. The molecule has 0 radical (unpaired) electrons. The fraction of sp³-hybridized carbons (Fsp3) is 0.400. The minimum Gasteiger partial charge on any atom is -0.175 e. The van der Waals surface area contributed by atoms with E-state index in [1.165, 1.54) is 0 Å². The summed E-state index contributed by atoms with van der Waals surface area (Å²) in [6.07, 6.45) is -3.27. The number of halogens is 3. The molecule has 1 aliphatic carbocycles. The Morgan fingerprint density at radius 2 is 1.64 bits per heavy atom. The molecule has 2 unspecified atom stereocenters. The Hall–Kier alpha value is -0.640. The van der Waals surface area contributed by atoms with Gasteiger partial charge in [-0.15, -0.1) is 0 Å². The van der Waals surface area contributed by atoms with Gasteiger partial charge in [0.05, 0.1) is 5.56 Å². The number of hydrogen-bond acceptors (Lipinski definition) is 1. The van der Waals surface area contributed by atoms with E-state index < -0.39 is 11.7 Å². The van der Waals surface area contributed by atoms with Crippen LogP contribution >= 0.6 is 12.6 Å². The van der Waals surface area contributed by atoms with E-state index in [9.17, 15) is 13.2 Å². The van der Waals surface area contributed by atoms with Crippen LogP contribution in [0.15, 0.2) is 24.3 Å². The van der Waals surface area contributed by atoms with E-state index in [1.54, 1.807) is 12.1 Å². The van der Waals surface area contributed by atoms with Crippen molar-refractivity contribution in [2.75, 3.05) is 0 Å². The third kappa shape index (κ3) is 1.90. The second kappa shape index (κ2) is 3.19. The molecule has 0 bridgehead atoms. The summed E-state index contributed by atoms with van der Waals surface area (Å²) in [5.41, 5.74) is 0.371. The molecule has 0 heterocycles. The van der Waals surface area contributed by atoms with Crippen molar-refractivity contribution in [2.24, 2.45) is 0 Å². The molecule has 1 aliphatic rings. The number of benzene rings is 1. The van der Waals surface area contributed by atoms with Gasteiger partial charge in [-0.25, -0.2) is 0 Å². The van der Waals surface area contributed by atoms with Crippen LogP contribution in [0.25, 0.3) is 0 Å². The molecular weight excluding hydrogens is 209 g/mol. The Balaban J connectivity index is 2.18. The fourth-order valence-corrected chi connectivity index (χ4v) is 1.86. The van der Waals surface area contributed by atoms with Crippen molar-refractivity contribution in [1.29, 1.82) is 0 Å². The summed E-state index contributed by atoms with van der Waals surface area (Å²) in [6.45, 7) is 0.